The third-order valence-electron chi connectivity index (χ3n) is 4.87. The SMILES string of the molecule is O=C(/C=C/c1ccc(F)cc1)OCC[N@@+]([O-])(CCO)Cc1cccc2ccccc12. The van der Waals surface area contributed by atoms with E-state index in [2.05, 4.69) is 0 Å². The van der Waals surface area contributed by atoms with Gasteiger partial charge in [-0.2, -0.15) is 0 Å². The van der Waals surface area contributed by atoms with Crippen molar-refractivity contribution in [2.45, 2.75) is 6.54 Å². The van der Waals surface area contributed by atoms with Gasteiger partial charge in [-0.05, 0) is 34.5 Å². The Morgan fingerprint density at radius 3 is 2.53 bits per heavy atom. The molecule has 0 aliphatic carbocycles. The van der Waals surface area contributed by atoms with Gasteiger partial charge in [-0.15, -0.1) is 0 Å². The number of benzene rings is 3. The summed E-state index contributed by atoms with van der Waals surface area (Å²) < 4.78 is 17.4. The number of fused-ring (bicyclic) bond motifs is 1. The van der Waals surface area contributed by atoms with Crippen molar-refractivity contribution in [1.29, 1.82) is 0 Å². The number of aliphatic hydroxyl groups is 1. The fourth-order valence-electron chi connectivity index (χ4n) is 3.29. The number of ether oxygens (including phenoxy) is 1. The van der Waals surface area contributed by atoms with Crippen LogP contribution in [0.25, 0.3) is 16.8 Å². The van der Waals surface area contributed by atoms with Gasteiger partial charge in [-0.3, -0.25) is 0 Å². The van der Waals surface area contributed by atoms with Crippen molar-refractivity contribution in [3.05, 3.63) is 95.0 Å². The molecule has 1 atom stereocenters. The number of esters is 1. The van der Waals surface area contributed by atoms with Gasteiger partial charge in [0.25, 0.3) is 0 Å². The van der Waals surface area contributed by atoms with Gasteiger partial charge >= 0.3 is 5.97 Å². The quantitative estimate of drug-likeness (QED) is 0.251. The van der Waals surface area contributed by atoms with Crippen molar-refractivity contribution >= 4 is 22.8 Å². The molecule has 0 aromatic heterocycles. The summed E-state index contributed by atoms with van der Waals surface area (Å²) >= 11 is 0. The molecule has 0 amide bonds. The largest absolute Gasteiger partial charge is 0.632 e. The topological polar surface area (TPSA) is 69.6 Å². The minimum absolute atomic E-state index is 0.00614. The zero-order chi connectivity index (χ0) is 21.4. The number of rotatable bonds is 9. The first-order chi connectivity index (χ1) is 14.5. The zero-order valence-corrected chi connectivity index (χ0v) is 16.5. The maximum Gasteiger partial charge on any atom is 0.330 e. The Morgan fingerprint density at radius 1 is 1.03 bits per heavy atom. The number of halogens is 1. The van der Waals surface area contributed by atoms with Gasteiger partial charge in [-0.1, -0.05) is 54.6 Å². The van der Waals surface area contributed by atoms with Crippen LogP contribution in [0.2, 0.25) is 0 Å². The lowest BCUT2D eigenvalue weighted by Gasteiger charge is -2.42. The first kappa shape index (κ1) is 21.6. The lowest BCUT2D eigenvalue weighted by atomic mass is 10.0. The fourth-order valence-corrected chi connectivity index (χ4v) is 3.29. The molecule has 3 rings (SSSR count). The van der Waals surface area contributed by atoms with Crippen LogP contribution >= 0.6 is 0 Å². The Balaban J connectivity index is 1.60. The van der Waals surface area contributed by atoms with Crippen LogP contribution in [0.3, 0.4) is 0 Å². The summed E-state index contributed by atoms with van der Waals surface area (Å²) in [5.74, 6) is -0.936. The van der Waals surface area contributed by atoms with Crippen LogP contribution in [0, 0.1) is 11.0 Å². The van der Waals surface area contributed by atoms with Crippen molar-refractivity contribution < 1.29 is 23.7 Å². The van der Waals surface area contributed by atoms with Crippen LogP contribution in [-0.2, 0) is 16.1 Å². The summed E-state index contributed by atoms with van der Waals surface area (Å²) in [5, 5.41) is 24.7. The molecule has 0 aliphatic rings. The van der Waals surface area contributed by atoms with E-state index in [0.29, 0.717) is 5.56 Å². The number of aliphatic hydroxyl groups excluding tert-OH is 1. The van der Waals surface area contributed by atoms with Gasteiger partial charge < -0.3 is 19.7 Å². The summed E-state index contributed by atoms with van der Waals surface area (Å²) in [4.78, 5) is 11.9. The second kappa shape index (κ2) is 10.1. The number of nitrogens with zero attached hydrogens (tertiary/aromatic N) is 1. The lowest BCUT2D eigenvalue weighted by molar-refractivity contribution is -0.894. The number of hydrogen-bond donors (Lipinski definition) is 1. The Bertz CT molecular complexity index is 1010. The van der Waals surface area contributed by atoms with Crippen molar-refractivity contribution in [1.82, 2.24) is 0 Å². The van der Waals surface area contributed by atoms with Gasteiger partial charge in [0.05, 0.1) is 6.61 Å². The highest BCUT2D eigenvalue weighted by atomic mass is 19.1. The van der Waals surface area contributed by atoms with Crippen LogP contribution in [0.15, 0.2) is 72.8 Å². The molecule has 0 bridgehead atoms. The summed E-state index contributed by atoms with van der Waals surface area (Å²) in [5.41, 5.74) is 1.55. The molecule has 0 radical (unpaired) electrons. The second-order valence-corrected chi connectivity index (χ2v) is 7.08. The normalized spacial score (nSPS) is 13.4. The highest BCUT2D eigenvalue weighted by molar-refractivity contribution is 5.87. The average molecular weight is 409 g/mol. The summed E-state index contributed by atoms with van der Waals surface area (Å²) in [6.07, 6.45) is 2.76. The first-order valence-electron chi connectivity index (χ1n) is 9.74. The van der Waals surface area contributed by atoms with E-state index < -0.39 is 10.6 Å². The van der Waals surface area contributed by atoms with E-state index in [4.69, 9.17) is 4.74 Å². The molecule has 0 fully saturated rings. The lowest BCUT2D eigenvalue weighted by Crippen LogP contribution is -2.46. The molecule has 0 unspecified atom stereocenters. The smallest absolute Gasteiger partial charge is 0.330 e. The van der Waals surface area contributed by atoms with Crippen molar-refractivity contribution in [3.8, 4) is 0 Å². The monoisotopic (exact) mass is 409 g/mol. The van der Waals surface area contributed by atoms with Gasteiger partial charge in [0.15, 0.2) is 0 Å². The second-order valence-electron chi connectivity index (χ2n) is 7.08. The van der Waals surface area contributed by atoms with Crippen LogP contribution in [0.4, 0.5) is 4.39 Å². The van der Waals surface area contributed by atoms with E-state index in [0.717, 1.165) is 16.3 Å². The van der Waals surface area contributed by atoms with Gasteiger partial charge in [0, 0.05) is 11.6 Å². The molecule has 3 aromatic carbocycles. The minimum atomic E-state index is -0.695. The summed E-state index contributed by atoms with van der Waals surface area (Å²) in [7, 11) is 0. The number of hydroxylamine groups is 3. The van der Waals surface area contributed by atoms with Crippen molar-refractivity contribution in [2.24, 2.45) is 0 Å². The molecule has 156 valence electrons. The van der Waals surface area contributed by atoms with Crippen molar-refractivity contribution in [3.63, 3.8) is 0 Å². The van der Waals surface area contributed by atoms with E-state index in [1.54, 1.807) is 12.1 Å². The number of hydrogen-bond acceptors (Lipinski definition) is 4. The highest BCUT2D eigenvalue weighted by Crippen LogP contribution is 2.22. The Kier molecular flexibility index (Phi) is 7.30. The molecular formula is C24H24FNO4. The predicted molar refractivity (Wildman–Crippen MR) is 114 cm³/mol. The Morgan fingerprint density at radius 2 is 1.77 bits per heavy atom. The van der Waals surface area contributed by atoms with Gasteiger partial charge in [0.2, 0.25) is 0 Å². The first-order valence-corrected chi connectivity index (χ1v) is 9.74. The highest BCUT2D eigenvalue weighted by Gasteiger charge is 2.19. The molecule has 6 heteroatoms. The van der Waals surface area contributed by atoms with E-state index in [-0.39, 0.29) is 38.7 Å². The Labute approximate surface area is 174 Å². The van der Waals surface area contributed by atoms with Crippen LogP contribution in [-0.4, -0.2) is 42.0 Å². The molecule has 0 saturated heterocycles. The maximum atomic E-state index is 13.2. The number of quaternary nitrogens is 1. The predicted octanol–water partition coefficient (Wildman–Crippen LogP) is 4.04. The molecule has 5 nitrogen and oxygen atoms in total. The fraction of sp³-hybridized carbons (Fsp3) is 0.208. The zero-order valence-electron chi connectivity index (χ0n) is 16.5. The van der Waals surface area contributed by atoms with Gasteiger partial charge in [0.1, 0.15) is 32.1 Å². The maximum absolute atomic E-state index is 13.2. The molecule has 0 heterocycles. The van der Waals surface area contributed by atoms with Crippen LogP contribution in [0.1, 0.15) is 11.1 Å². The van der Waals surface area contributed by atoms with Crippen molar-refractivity contribution in [2.75, 3.05) is 26.3 Å². The van der Waals surface area contributed by atoms with E-state index in [1.165, 1.54) is 24.3 Å². The number of carbonyl (C=O) groups excluding carboxylic acids is 1. The van der Waals surface area contributed by atoms with Gasteiger partial charge in [-0.25, -0.2) is 9.18 Å². The van der Waals surface area contributed by atoms with Crippen LogP contribution in [0.5, 0.6) is 0 Å². The number of carbonyl (C=O) groups is 1. The molecule has 0 aliphatic heterocycles. The molecular weight excluding hydrogens is 385 g/mol. The third-order valence-corrected chi connectivity index (χ3v) is 4.87. The van der Waals surface area contributed by atoms with E-state index >= 15 is 0 Å². The molecule has 0 saturated carbocycles. The molecule has 0 spiro atoms. The standard InChI is InChI=1S/C24H24FNO4/c25-22-11-8-19(9-12-22)10-13-24(28)30-17-15-26(29,14-16-27)18-21-6-3-5-20-4-1-2-7-23(20)21/h1-13,27H,14-18H2/b13-10+/t26-/m0/s1. The minimum Gasteiger partial charge on any atom is -0.632 e. The summed E-state index contributed by atoms with van der Waals surface area (Å²) in [6.45, 7) is -0.121. The Hall–Kier alpha value is -3.06. The molecule has 3 aromatic rings. The van der Waals surface area contributed by atoms with Crippen LogP contribution < -0.4 is 0 Å². The van der Waals surface area contributed by atoms with E-state index in [9.17, 15) is 19.5 Å². The average Bonchev–Trinajstić information content (AvgIpc) is 2.74. The third kappa shape index (κ3) is 5.97. The summed E-state index contributed by atoms with van der Waals surface area (Å²) in [6, 6.07) is 19.3. The molecule has 1 N–H and O–H groups in total. The van der Waals surface area contributed by atoms with E-state index in [1.807, 2.05) is 42.5 Å². The molecule has 30 heavy (non-hydrogen) atoms.